The molecule has 1 N–H and O–H groups in total. The summed E-state index contributed by atoms with van der Waals surface area (Å²) in [6.45, 7) is 0.306. The molecule has 3 aromatic rings. The van der Waals surface area contributed by atoms with Crippen molar-refractivity contribution < 1.29 is 13.6 Å². The topological polar surface area (TPSA) is 80.9 Å². The molecule has 2 aromatic heterocycles. The molecule has 0 aliphatic heterocycles. The monoisotopic (exact) mass is 312 g/mol. The maximum atomic E-state index is 12.8. The van der Waals surface area contributed by atoms with Crippen molar-refractivity contribution in [2.45, 2.75) is 13.0 Å². The predicted octanol–water partition coefficient (Wildman–Crippen LogP) is 2.13. The Hall–Kier alpha value is -3.09. The molecule has 0 spiro atoms. The Morgan fingerprint density at radius 1 is 1.13 bits per heavy atom. The van der Waals surface area contributed by atoms with Crippen LogP contribution in [-0.4, -0.2) is 21.1 Å². The zero-order chi connectivity index (χ0) is 16.1. The van der Waals surface area contributed by atoms with Gasteiger partial charge in [0.1, 0.15) is 17.9 Å². The van der Waals surface area contributed by atoms with Crippen LogP contribution >= 0.6 is 0 Å². The molecule has 0 fully saturated rings. The van der Waals surface area contributed by atoms with Crippen LogP contribution in [0.1, 0.15) is 11.5 Å². The standard InChI is InChI=1S/C16H13FN4O2/c17-12-6-4-11(5-7-12)10-19-14(22)9-15-20-21-16(23-15)13-3-1-2-8-18-13/h1-8H,9-10H2,(H,19,22). The van der Waals surface area contributed by atoms with Crippen molar-refractivity contribution in [1.29, 1.82) is 0 Å². The minimum Gasteiger partial charge on any atom is -0.419 e. The van der Waals surface area contributed by atoms with Crippen molar-refractivity contribution in [3.05, 3.63) is 65.9 Å². The molecule has 1 amide bonds. The number of benzene rings is 1. The van der Waals surface area contributed by atoms with Crippen LogP contribution in [0.4, 0.5) is 4.39 Å². The Morgan fingerprint density at radius 3 is 2.70 bits per heavy atom. The number of nitrogens with zero attached hydrogens (tertiary/aromatic N) is 3. The highest BCUT2D eigenvalue weighted by molar-refractivity contribution is 5.77. The normalized spacial score (nSPS) is 10.5. The Morgan fingerprint density at radius 2 is 1.96 bits per heavy atom. The first kappa shape index (κ1) is 14.8. The minimum absolute atomic E-state index is 0.0268. The van der Waals surface area contributed by atoms with E-state index in [1.54, 1.807) is 30.5 Å². The summed E-state index contributed by atoms with van der Waals surface area (Å²) >= 11 is 0. The lowest BCUT2D eigenvalue weighted by Gasteiger charge is -2.03. The zero-order valence-electron chi connectivity index (χ0n) is 12.1. The fourth-order valence-electron chi connectivity index (χ4n) is 1.92. The van der Waals surface area contributed by atoms with Crippen molar-refractivity contribution in [2.24, 2.45) is 0 Å². The number of nitrogens with one attached hydrogen (secondary N) is 1. The number of rotatable bonds is 5. The van der Waals surface area contributed by atoms with Crippen molar-refractivity contribution in [3.63, 3.8) is 0 Å². The first-order valence-corrected chi connectivity index (χ1v) is 6.95. The number of amides is 1. The van der Waals surface area contributed by atoms with Crippen LogP contribution in [0.5, 0.6) is 0 Å². The van der Waals surface area contributed by atoms with Crippen LogP contribution in [-0.2, 0) is 17.8 Å². The second-order valence-electron chi connectivity index (χ2n) is 4.80. The third-order valence-electron chi connectivity index (χ3n) is 3.07. The van der Waals surface area contributed by atoms with Crippen LogP contribution in [0.15, 0.2) is 53.1 Å². The Kier molecular flexibility index (Phi) is 4.37. The molecule has 0 bridgehead atoms. The molecule has 0 atom stereocenters. The lowest BCUT2D eigenvalue weighted by molar-refractivity contribution is -0.120. The van der Waals surface area contributed by atoms with Crippen LogP contribution in [0.2, 0.25) is 0 Å². The van der Waals surface area contributed by atoms with Gasteiger partial charge in [0, 0.05) is 12.7 Å². The largest absolute Gasteiger partial charge is 0.419 e. The molecule has 23 heavy (non-hydrogen) atoms. The van der Waals surface area contributed by atoms with Crippen molar-refractivity contribution in [2.75, 3.05) is 0 Å². The highest BCUT2D eigenvalue weighted by Gasteiger charge is 2.12. The first-order valence-electron chi connectivity index (χ1n) is 6.95. The fraction of sp³-hybridized carbons (Fsp3) is 0.125. The van der Waals surface area contributed by atoms with Gasteiger partial charge in [0.2, 0.25) is 11.8 Å². The summed E-state index contributed by atoms with van der Waals surface area (Å²) < 4.78 is 18.2. The number of halogens is 1. The molecule has 2 heterocycles. The van der Waals surface area contributed by atoms with Crippen molar-refractivity contribution in [1.82, 2.24) is 20.5 Å². The summed E-state index contributed by atoms with van der Waals surface area (Å²) in [4.78, 5) is 16.0. The minimum atomic E-state index is -0.312. The molecule has 1 aromatic carbocycles. The molecule has 0 radical (unpaired) electrons. The fourth-order valence-corrected chi connectivity index (χ4v) is 1.92. The Labute approximate surface area is 131 Å². The molecule has 0 aliphatic carbocycles. The van der Waals surface area contributed by atoms with Gasteiger partial charge in [-0.1, -0.05) is 18.2 Å². The smallest absolute Gasteiger partial charge is 0.266 e. The molecular formula is C16H13FN4O2. The second-order valence-corrected chi connectivity index (χ2v) is 4.80. The lowest BCUT2D eigenvalue weighted by Crippen LogP contribution is -2.24. The third kappa shape index (κ3) is 3.97. The third-order valence-corrected chi connectivity index (χ3v) is 3.07. The number of hydrogen-bond acceptors (Lipinski definition) is 5. The summed E-state index contributed by atoms with van der Waals surface area (Å²) in [5.41, 5.74) is 1.36. The van der Waals surface area contributed by atoms with Crippen molar-refractivity contribution >= 4 is 5.91 Å². The predicted molar refractivity (Wildman–Crippen MR) is 79.5 cm³/mol. The highest BCUT2D eigenvalue weighted by Crippen LogP contribution is 2.14. The van der Waals surface area contributed by atoms with Gasteiger partial charge in [-0.05, 0) is 29.8 Å². The van der Waals surface area contributed by atoms with Crippen molar-refractivity contribution in [3.8, 4) is 11.6 Å². The molecule has 0 aliphatic rings. The number of carbonyl (C=O) groups is 1. The molecular weight excluding hydrogens is 299 g/mol. The van der Waals surface area contributed by atoms with Gasteiger partial charge in [-0.3, -0.25) is 9.78 Å². The first-order chi connectivity index (χ1) is 11.2. The van der Waals surface area contributed by atoms with Crippen LogP contribution in [0.25, 0.3) is 11.6 Å². The number of carbonyl (C=O) groups excluding carboxylic acids is 1. The Bertz CT molecular complexity index is 787. The molecule has 6 nitrogen and oxygen atoms in total. The van der Waals surface area contributed by atoms with E-state index in [1.165, 1.54) is 12.1 Å². The zero-order valence-corrected chi connectivity index (χ0v) is 12.1. The quantitative estimate of drug-likeness (QED) is 0.780. The number of hydrogen-bond donors (Lipinski definition) is 1. The molecule has 0 saturated heterocycles. The SMILES string of the molecule is O=C(Cc1nnc(-c2ccccn2)o1)NCc1ccc(F)cc1. The van der Waals surface area contributed by atoms with E-state index >= 15 is 0 Å². The average Bonchev–Trinajstić information content (AvgIpc) is 3.04. The van der Waals surface area contributed by atoms with E-state index in [2.05, 4.69) is 20.5 Å². The van der Waals surface area contributed by atoms with Crippen LogP contribution in [0, 0.1) is 5.82 Å². The number of pyridine rings is 1. The van der Waals surface area contributed by atoms with Gasteiger partial charge in [0.25, 0.3) is 5.89 Å². The maximum absolute atomic E-state index is 12.8. The van der Waals surface area contributed by atoms with Gasteiger partial charge >= 0.3 is 0 Å². The summed E-state index contributed by atoms with van der Waals surface area (Å²) in [5, 5.41) is 10.4. The van der Waals surface area contributed by atoms with E-state index in [0.717, 1.165) is 5.56 Å². The summed E-state index contributed by atoms with van der Waals surface area (Å²) in [7, 11) is 0. The molecule has 0 unspecified atom stereocenters. The number of aromatic nitrogens is 3. The highest BCUT2D eigenvalue weighted by atomic mass is 19.1. The molecule has 7 heteroatoms. The van der Waals surface area contributed by atoms with Gasteiger partial charge < -0.3 is 9.73 Å². The second kappa shape index (κ2) is 6.78. The lowest BCUT2D eigenvalue weighted by atomic mass is 10.2. The summed E-state index contributed by atoms with van der Waals surface area (Å²) in [6.07, 6.45) is 1.59. The van der Waals surface area contributed by atoms with Gasteiger partial charge in [-0.25, -0.2) is 4.39 Å². The summed E-state index contributed by atoms with van der Waals surface area (Å²) in [5.74, 6) is -0.0901. The van der Waals surface area contributed by atoms with Crippen LogP contribution in [0.3, 0.4) is 0 Å². The van der Waals surface area contributed by atoms with E-state index in [-0.39, 0.29) is 29.9 Å². The van der Waals surface area contributed by atoms with Crippen LogP contribution < -0.4 is 5.32 Å². The van der Waals surface area contributed by atoms with E-state index < -0.39 is 0 Å². The van der Waals surface area contributed by atoms with Gasteiger partial charge in [0.05, 0.1) is 0 Å². The molecule has 3 rings (SSSR count). The van der Waals surface area contributed by atoms with E-state index in [9.17, 15) is 9.18 Å². The Balaban J connectivity index is 1.56. The maximum Gasteiger partial charge on any atom is 0.266 e. The van der Waals surface area contributed by atoms with E-state index in [4.69, 9.17) is 4.42 Å². The van der Waals surface area contributed by atoms with Gasteiger partial charge in [0.15, 0.2) is 0 Å². The molecule has 116 valence electrons. The average molecular weight is 312 g/mol. The van der Waals surface area contributed by atoms with Gasteiger partial charge in [-0.15, -0.1) is 10.2 Å². The van der Waals surface area contributed by atoms with Gasteiger partial charge in [-0.2, -0.15) is 0 Å². The summed E-state index contributed by atoms with van der Waals surface area (Å²) in [6, 6.07) is 11.2. The molecule has 0 saturated carbocycles. The van der Waals surface area contributed by atoms with E-state index in [0.29, 0.717) is 12.2 Å². The van der Waals surface area contributed by atoms with E-state index in [1.807, 2.05) is 6.07 Å².